The van der Waals surface area contributed by atoms with E-state index in [9.17, 15) is 18.0 Å². The van der Waals surface area contributed by atoms with Crippen molar-refractivity contribution in [3.8, 4) is 27.7 Å². The number of benzene rings is 1. The number of hydrogen-bond donors (Lipinski definition) is 1. The first-order valence-corrected chi connectivity index (χ1v) is 10.3. The molecule has 33 heavy (non-hydrogen) atoms. The molecule has 7 nitrogen and oxygen atoms in total. The molecule has 0 aliphatic rings. The summed E-state index contributed by atoms with van der Waals surface area (Å²) in [6.07, 6.45) is -4.56. The Balaban J connectivity index is 1.50. The van der Waals surface area contributed by atoms with Crippen LogP contribution in [0, 0.1) is 6.92 Å². The molecule has 0 bridgehead atoms. The number of pyridine rings is 1. The molecular formula is C22H15F3N4O3S. The van der Waals surface area contributed by atoms with Gasteiger partial charge < -0.3 is 9.84 Å². The van der Waals surface area contributed by atoms with Crippen LogP contribution in [-0.4, -0.2) is 31.2 Å². The predicted octanol–water partition coefficient (Wildman–Crippen LogP) is 5.27. The standard InChI is InChI=1S/C22H15F3N4O3S/c1-12-20(16-4-2-3-15(27-16)13-5-7-14(8-6-13)21(30)31)33-19(26-12)11-32-18-10-9-17(28-29-18)22(23,24)25/h2-10H,11H2,1H3,(H,30,31). The zero-order valence-corrected chi connectivity index (χ0v) is 17.8. The second-order valence-corrected chi connectivity index (χ2v) is 7.94. The summed E-state index contributed by atoms with van der Waals surface area (Å²) in [5.74, 6) is -1.04. The highest BCUT2D eigenvalue weighted by Gasteiger charge is 2.33. The third kappa shape index (κ3) is 5.14. The SMILES string of the molecule is Cc1nc(COc2ccc(C(F)(F)F)nn2)sc1-c1cccc(-c2ccc(C(=O)O)cc2)n1. The zero-order chi connectivity index (χ0) is 23.6. The fourth-order valence-corrected chi connectivity index (χ4v) is 3.89. The lowest BCUT2D eigenvalue weighted by atomic mass is 10.1. The number of halogens is 3. The van der Waals surface area contributed by atoms with E-state index >= 15 is 0 Å². The topological polar surface area (TPSA) is 98.1 Å². The fraction of sp³-hybridized carbons (Fsp3) is 0.136. The molecule has 0 aliphatic carbocycles. The number of ether oxygens (including phenoxy) is 1. The minimum atomic E-state index is -4.56. The van der Waals surface area contributed by atoms with Gasteiger partial charge in [-0.1, -0.05) is 18.2 Å². The number of nitrogens with zero attached hydrogens (tertiary/aromatic N) is 4. The van der Waals surface area contributed by atoms with Crippen LogP contribution in [-0.2, 0) is 12.8 Å². The lowest BCUT2D eigenvalue weighted by molar-refractivity contribution is -0.141. The Morgan fingerprint density at radius 1 is 1.00 bits per heavy atom. The number of rotatable bonds is 6. The third-order valence-electron chi connectivity index (χ3n) is 4.52. The molecule has 0 spiro atoms. The van der Waals surface area contributed by atoms with E-state index in [-0.39, 0.29) is 18.1 Å². The molecule has 0 fully saturated rings. The Morgan fingerprint density at radius 2 is 1.73 bits per heavy atom. The number of aromatic nitrogens is 4. The van der Waals surface area contributed by atoms with Crippen LogP contribution in [0.15, 0.2) is 54.6 Å². The van der Waals surface area contributed by atoms with Gasteiger partial charge in [0, 0.05) is 11.6 Å². The molecule has 1 aromatic carbocycles. The number of hydrogen-bond acceptors (Lipinski definition) is 7. The van der Waals surface area contributed by atoms with E-state index in [0.29, 0.717) is 16.4 Å². The van der Waals surface area contributed by atoms with Crippen LogP contribution < -0.4 is 4.74 Å². The van der Waals surface area contributed by atoms with E-state index in [1.54, 1.807) is 12.1 Å². The minimum absolute atomic E-state index is 0.0158. The van der Waals surface area contributed by atoms with Crippen molar-refractivity contribution in [3.05, 3.63) is 76.6 Å². The van der Waals surface area contributed by atoms with Gasteiger partial charge in [-0.2, -0.15) is 13.2 Å². The molecule has 1 N–H and O–H groups in total. The molecule has 11 heteroatoms. The first-order valence-electron chi connectivity index (χ1n) is 9.52. The summed E-state index contributed by atoms with van der Waals surface area (Å²) in [5.41, 5.74) is 1.96. The van der Waals surface area contributed by atoms with E-state index in [4.69, 9.17) is 9.84 Å². The first-order chi connectivity index (χ1) is 15.7. The van der Waals surface area contributed by atoms with Crippen LogP contribution >= 0.6 is 11.3 Å². The average Bonchev–Trinajstić information content (AvgIpc) is 3.18. The molecule has 3 heterocycles. The second-order valence-electron chi connectivity index (χ2n) is 6.86. The van der Waals surface area contributed by atoms with Crippen molar-refractivity contribution >= 4 is 17.3 Å². The summed E-state index contributed by atoms with van der Waals surface area (Å²) >= 11 is 1.34. The quantitative estimate of drug-likeness (QED) is 0.408. The number of carbonyl (C=O) groups is 1. The fourth-order valence-electron chi connectivity index (χ4n) is 2.94. The Labute approximate surface area is 189 Å². The van der Waals surface area contributed by atoms with Gasteiger partial charge in [0.05, 0.1) is 27.5 Å². The number of carboxylic acid groups (broad SMARTS) is 1. The predicted molar refractivity (Wildman–Crippen MR) is 114 cm³/mol. The molecule has 4 aromatic rings. The molecule has 0 atom stereocenters. The molecule has 0 unspecified atom stereocenters. The van der Waals surface area contributed by atoms with Crippen molar-refractivity contribution in [2.75, 3.05) is 0 Å². The number of carboxylic acids is 1. The molecule has 3 aromatic heterocycles. The maximum absolute atomic E-state index is 12.6. The molecule has 0 radical (unpaired) electrons. The van der Waals surface area contributed by atoms with Gasteiger partial charge in [0.1, 0.15) is 11.6 Å². The van der Waals surface area contributed by atoms with Crippen LogP contribution in [0.1, 0.15) is 26.8 Å². The summed E-state index contributed by atoms with van der Waals surface area (Å²) in [5, 5.41) is 16.2. The van der Waals surface area contributed by atoms with Crippen LogP contribution in [0.3, 0.4) is 0 Å². The number of aromatic carboxylic acids is 1. The summed E-state index contributed by atoms with van der Waals surface area (Å²) < 4.78 is 43.2. The zero-order valence-electron chi connectivity index (χ0n) is 17.0. The Hall–Kier alpha value is -3.86. The van der Waals surface area contributed by atoms with E-state index in [2.05, 4.69) is 20.2 Å². The number of alkyl halides is 3. The maximum atomic E-state index is 12.6. The van der Waals surface area contributed by atoms with Gasteiger partial charge in [-0.05, 0) is 37.3 Å². The minimum Gasteiger partial charge on any atom is -0.478 e. The maximum Gasteiger partial charge on any atom is 0.435 e. The molecule has 0 aliphatic heterocycles. The monoisotopic (exact) mass is 472 g/mol. The normalized spacial score (nSPS) is 11.4. The highest BCUT2D eigenvalue weighted by molar-refractivity contribution is 7.15. The van der Waals surface area contributed by atoms with E-state index in [1.807, 2.05) is 25.1 Å². The Morgan fingerprint density at radius 3 is 2.36 bits per heavy atom. The lowest BCUT2D eigenvalue weighted by Crippen LogP contribution is -2.09. The molecule has 4 rings (SSSR count). The van der Waals surface area contributed by atoms with Crippen molar-refractivity contribution in [2.45, 2.75) is 19.7 Å². The Bertz CT molecular complexity index is 1290. The van der Waals surface area contributed by atoms with Crippen molar-refractivity contribution in [1.29, 1.82) is 0 Å². The number of thiazole rings is 1. The number of aryl methyl sites for hydroxylation is 1. The smallest absolute Gasteiger partial charge is 0.435 e. The summed E-state index contributed by atoms with van der Waals surface area (Å²) in [7, 11) is 0. The average molecular weight is 472 g/mol. The van der Waals surface area contributed by atoms with Gasteiger partial charge in [0.2, 0.25) is 5.88 Å². The molecule has 0 amide bonds. The Kier molecular flexibility index (Phi) is 6.05. The summed E-state index contributed by atoms with van der Waals surface area (Å²) in [4.78, 5) is 21.0. The van der Waals surface area contributed by atoms with Gasteiger partial charge in [0.25, 0.3) is 0 Å². The van der Waals surface area contributed by atoms with Gasteiger partial charge in [-0.15, -0.1) is 21.5 Å². The van der Waals surface area contributed by atoms with E-state index < -0.39 is 17.8 Å². The third-order valence-corrected chi connectivity index (χ3v) is 5.68. The highest BCUT2D eigenvalue weighted by atomic mass is 32.1. The van der Waals surface area contributed by atoms with Crippen molar-refractivity contribution in [3.63, 3.8) is 0 Å². The first kappa shape index (κ1) is 22.3. The van der Waals surface area contributed by atoms with Crippen molar-refractivity contribution < 1.29 is 27.8 Å². The highest BCUT2D eigenvalue weighted by Crippen LogP contribution is 2.31. The molecule has 0 saturated carbocycles. The summed E-state index contributed by atoms with van der Waals surface area (Å²) in [6.45, 7) is 1.84. The van der Waals surface area contributed by atoms with Gasteiger partial charge in [-0.25, -0.2) is 14.8 Å². The van der Waals surface area contributed by atoms with Crippen LogP contribution in [0.25, 0.3) is 21.8 Å². The van der Waals surface area contributed by atoms with Gasteiger partial charge in [0.15, 0.2) is 5.69 Å². The van der Waals surface area contributed by atoms with Crippen LogP contribution in [0.2, 0.25) is 0 Å². The summed E-state index contributed by atoms with van der Waals surface area (Å²) in [6, 6.07) is 13.8. The van der Waals surface area contributed by atoms with E-state index in [0.717, 1.165) is 28.3 Å². The van der Waals surface area contributed by atoms with E-state index in [1.165, 1.54) is 23.5 Å². The molecular weight excluding hydrogens is 457 g/mol. The largest absolute Gasteiger partial charge is 0.478 e. The van der Waals surface area contributed by atoms with Crippen molar-refractivity contribution in [1.82, 2.24) is 20.2 Å². The van der Waals surface area contributed by atoms with Gasteiger partial charge in [-0.3, -0.25) is 0 Å². The van der Waals surface area contributed by atoms with Crippen LogP contribution in [0.4, 0.5) is 13.2 Å². The second kappa shape index (κ2) is 8.94. The van der Waals surface area contributed by atoms with Crippen molar-refractivity contribution in [2.24, 2.45) is 0 Å². The van der Waals surface area contributed by atoms with Gasteiger partial charge >= 0.3 is 12.1 Å². The van der Waals surface area contributed by atoms with Crippen LogP contribution in [0.5, 0.6) is 5.88 Å². The lowest BCUT2D eigenvalue weighted by Gasteiger charge is -2.06. The molecule has 0 saturated heterocycles. The molecule has 168 valence electrons.